The minimum atomic E-state index is 0.257. The van der Waals surface area contributed by atoms with Crippen molar-refractivity contribution in [2.75, 3.05) is 11.5 Å². The molecule has 4 N–H and O–H groups in total. The summed E-state index contributed by atoms with van der Waals surface area (Å²) in [6.07, 6.45) is 1.63. The van der Waals surface area contributed by atoms with E-state index in [-0.39, 0.29) is 5.88 Å². The van der Waals surface area contributed by atoms with Crippen LogP contribution in [0.25, 0.3) is 21.9 Å². The Bertz CT molecular complexity index is 621. The lowest BCUT2D eigenvalue weighted by atomic mass is 10.2. The molecule has 4 heteroatoms. The Balaban J connectivity index is 2.56. The van der Waals surface area contributed by atoms with Gasteiger partial charge in [0.25, 0.3) is 0 Å². The lowest BCUT2D eigenvalue weighted by Crippen LogP contribution is -1.88. The molecule has 0 aliphatic rings. The first-order chi connectivity index (χ1) is 6.75. The van der Waals surface area contributed by atoms with Gasteiger partial charge in [-0.3, -0.25) is 0 Å². The van der Waals surface area contributed by atoms with Crippen LogP contribution >= 0.6 is 0 Å². The smallest absolute Gasteiger partial charge is 0.214 e. The van der Waals surface area contributed by atoms with Crippen LogP contribution in [0.4, 0.5) is 11.6 Å². The number of fused-ring (bicyclic) bond motifs is 2. The van der Waals surface area contributed by atoms with Crippen LogP contribution in [0.15, 0.2) is 33.3 Å². The van der Waals surface area contributed by atoms with Crippen LogP contribution in [0.2, 0.25) is 0 Å². The molecule has 0 amide bonds. The van der Waals surface area contributed by atoms with Crippen molar-refractivity contribution in [2.45, 2.75) is 0 Å². The van der Waals surface area contributed by atoms with Crippen molar-refractivity contribution in [1.29, 1.82) is 0 Å². The molecule has 0 spiro atoms. The molecular formula is C10H8N2O2. The standard InChI is InChI=1S/C10H8N2O2/c11-9-6-3-5-1-2-13-7(5)4-8(6)14-10(9)12/h1-4H,11-12H2. The van der Waals surface area contributed by atoms with Gasteiger partial charge in [0.1, 0.15) is 16.9 Å². The molecule has 0 aliphatic heterocycles. The molecule has 0 radical (unpaired) electrons. The van der Waals surface area contributed by atoms with Crippen LogP contribution in [0.5, 0.6) is 0 Å². The van der Waals surface area contributed by atoms with Crippen LogP contribution in [-0.2, 0) is 0 Å². The first-order valence-electron chi connectivity index (χ1n) is 4.20. The monoisotopic (exact) mass is 188 g/mol. The Labute approximate surface area is 79.1 Å². The lowest BCUT2D eigenvalue weighted by molar-refractivity contribution is 0.611. The van der Waals surface area contributed by atoms with Gasteiger partial charge in [0.05, 0.1) is 6.26 Å². The molecule has 70 valence electrons. The molecule has 2 aromatic heterocycles. The summed E-state index contributed by atoms with van der Waals surface area (Å²) in [5, 5.41) is 1.82. The van der Waals surface area contributed by atoms with Crippen molar-refractivity contribution in [3.05, 3.63) is 24.5 Å². The van der Waals surface area contributed by atoms with Crippen LogP contribution < -0.4 is 11.5 Å². The second kappa shape index (κ2) is 2.23. The maximum absolute atomic E-state index is 5.75. The molecule has 0 saturated carbocycles. The summed E-state index contributed by atoms with van der Waals surface area (Å²) in [5.74, 6) is 0.257. The Morgan fingerprint density at radius 2 is 1.93 bits per heavy atom. The van der Waals surface area contributed by atoms with Crippen LogP contribution in [0.1, 0.15) is 0 Å². The van der Waals surface area contributed by atoms with Crippen molar-refractivity contribution in [1.82, 2.24) is 0 Å². The number of anilines is 2. The van der Waals surface area contributed by atoms with Crippen molar-refractivity contribution < 1.29 is 8.83 Å². The third-order valence-electron chi connectivity index (χ3n) is 2.33. The van der Waals surface area contributed by atoms with Crippen LogP contribution in [0.3, 0.4) is 0 Å². The van der Waals surface area contributed by atoms with E-state index >= 15 is 0 Å². The highest BCUT2D eigenvalue weighted by molar-refractivity contribution is 6.02. The summed E-state index contributed by atoms with van der Waals surface area (Å²) >= 11 is 0. The molecule has 3 aromatic rings. The number of hydrogen-bond donors (Lipinski definition) is 2. The van der Waals surface area contributed by atoms with Gasteiger partial charge in [-0.1, -0.05) is 0 Å². The van der Waals surface area contributed by atoms with Gasteiger partial charge in [0, 0.05) is 16.8 Å². The van der Waals surface area contributed by atoms with Gasteiger partial charge in [-0.05, 0) is 12.1 Å². The molecule has 4 nitrogen and oxygen atoms in total. The molecular weight excluding hydrogens is 180 g/mol. The van der Waals surface area contributed by atoms with Crippen molar-refractivity contribution in [3.63, 3.8) is 0 Å². The third-order valence-corrected chi connectivity index (χ3v) is 2.33. The second-order valence-corrected chi connectivity index (χ2v) is 3.19. The molecule has 0 aliphatic carbocycles. The average molecular weight is 188 g/mol. The number of benzene rings is 1. The Morgan fingerprint density at radius 3 is 2.79 bits per heavy atom. The molecule has 2 heterocycles. The zero-order valence-corrected chi connectivity index (χ0v) is 7.28. The maximum atomic E-state index is 5.75. The highest BCUT2D eigenvalue weighted by atomic mass is 16.4. The van der Waals surface area contributed by atoms with Gasteiger partial charge >= 0.3 is 0 Å². The van der Waals surface area contributed by atoms with Gasteiger partial charge in [-0.2, -0.15) is 0 Å². The zero-order valence-electron chi connectivity index (χ0n) is 7.28. The van der Waals surface area contributed by atoms with E-state index in [4.69, 9.17) is 20.3 Å². The predicted octanol–water partition coefficient (Wildman–Crippen LogP) is 2.34. The number of furan rings is 2. The fourth-order valence-electron chi connectivity index (χ4n) is 1.59. The predicted molar refractivity (Wildman–Crippen MR) is 54.8 cm³/mol. The molecule has 0 bridgehead atoms. The summed E-state index contributed by atoms with van der Waals surface area (Å²) in [6.45, 7) is 0. The molecule has 0 atom stereocenters. The van der Waals surface area contributed by atoms with Crippen molar-refractivity contribution in [2.24, 2.45) is 0 Å². The Morgan fingerprint density at radius 1 is 1.07 bits per heavy atom. The van der Waals surface area contributed by atoms with Crippen molar-refractivity contribution >= 4 is 33.5 Å². The van der Waals surface area contributed by atoms with Crippen LogP contribution in [0, 0.1) is 0 Å². The summed E-state index contributed by atoms with van der Waals surface area (Å²) in [7, 11) is 0. The largest absolute Gasteiger partial charge is 0.464 e. The van der Waals surface area contributed by atoms with E-state index in [0.717, 1.165) is 16.4 Å². The van der Waals surface area contributed by atoms with E-state index in [0.29, 0.717) is 11.3 Å². The number of hydrogen-bond acceptors (Lipinski definition) is 4. The van der Waals surface area contributed by atoms with E-state index in [2.05, 4.69) is 0 Å². The van der Waals surface area contributed by atoms with Gasteiger partial charge in [0.15, 0.2) is 0 Å². The minimum Gasteiger partial charge on any atom is -0.464 e. The number of nitrogens with two attached hydrogens (primary N) is 2. The van der Waals surface area contributed by atoms with E-state index in [1.165, 1.54) is 0 Å². The summed E-state index contributed by atoms with van der Waals surface area (Å²) < 4.78 is 10.5. The number of rotatable bonds is 0. The minimum absolute atomic E-state index is 0.257. The highest BCUT2D eigenvalue weighted by Gasteiger charge is 2.10. The fraction of sp³-hybridized carbons (Fsp3) is 0. The zero-order chi connectivity index (χ0) is 9.71. The van der Waals surface area contributed by atoms with Gasteiger partial charge in [0.2, 0.25) is 5.88 Å². The maximum Gasteiger partial charge on any atom is 0.214 e. The first kappa shape index (κ1) is 7.32. The number of nitrogen functional groups attached to an aromatic ring is 2. The molecule has 14 heavy (non-hydrogen) atoms. The normalized spacial score (nSPS) is 11.4. The Kier molecular flexibility index (Phi) is 1.16. The summed E-state index contributed by atoms with van der Waals surface area (Å²) in [6, 6.07) is 5.57. The Hall–Kier alpha value is -2.10. The van der Waals surface area contributed by atoms with E-state index < -0.39 is 0 Å². The molecule has 3 rings (SSSR count). The van der Waals surface area contributed by atoms with E-state index in [1.54, 1.807) is 12.3 Å². The molecule has 0 fully saturated rings. The topological polar surface area (TPSA) is 78.3 Å². The summed E-state index contributed by atoms with van der Waals surface area (Å²) in [4.78, 5) is 0. The van der Waals surface area contributed by atoms with E-state index in [1.807, 2.05) is 12.1 Å². The SMILES string of the molecule is Nc1oc2cc3occc3cc2c1N. The lowest BCUT2D eigenvalue weighted by Gasteiger charge is -1.89. The average Bonchev–Trinajstić information content (AvgIpc) is 2.70. The van der Waals surface area contributed by atoms with Crippen molar-refractivity contribution in [3.8, 4) is 0 Å². The highest BCUT2D eigenvalue weighted by Crippen LogP contribution is 2.33. The molecule has 0 unspecified atom stereocenters. The summed E-state index contributed by atoms with van der Waals surface area (Å²) in [5.41, 5.74) is 13.2. The van der Waals surface area contributed by atoms with Gasteiger partial charge in [-0.15, -0.1) is 0 Å². The molecule has 0 saturated heterocycles. The first-order valence-corrected chi connectivity index (χ1v) is 4.20. The van der Waals surface area contributed by atoms with Crippen LogP contribution in [-0.4, -0.2) is 0 Å². The van der Waals surface area contributed by atoms with Gasteiger partial charge in [-0.25, -0.2) is 0 Å². The van der Waals surface area contributed by atoms with Gasteiger partial charge < -0.3 is 20.3 Å². The quantitative estimate of drug-likeness (QED) is 0.567. The van der Waals surface area contributed by atoms with E-state index in [9.17, 15) is 0 Å². The molecule has 1 aromatic carbocycles. The second-order valence-electron chi connectivity index (χ2n) is 3.19. The fourth-order valence-corrected chi connectivity index (χ4v) is 1.59. The third kappa shape index (κ3) is 0.771.